The summed E-state index contributed by atoms with van der Waals surface area (Å²) in [7, 11) is 0. The van der Waals surface area contributed by atoms with E-state index in [2.05, 4.69) is 10.1 Å². The van der Waals surface area contributed by atoms with Crippen molar-refractivity contribution >= 4 is 11.4 Å². The molecule has 0 saturated carbocycles. The molecule has 1 N–H and O–H groups in total. The Hall–Kier alpha value is -2.44. The average Bonchev–Trinajstić information content (AvgIpc) is 2.48. The van der Waals surface area contributed by atoms with Gasteiger partial charge in [-0.15, -0.1) is 0 Å². The van der Waals surface area contributed by atoms with Gasteiger partial charge >= 0.3 is 0 Å². The molecule has 3 nitrogen and oxygen atoms in total. The first-order chi connectivity index (χ1) is 10.7. The molecule has 1 aromatic carbocycles. The highest BCUT2D eigenvalue weighted by atomic mass is 19.2. The zero-order valence-corrected chi connectivity index (χ0v) is 13.1. The van der Waals surface area contributed by atoms with E-state index >= 15 is 0 Å². The lowest BCUT2D eigenvalue weighted by Crippen LogP contribution is -2.08. The highest BCUT2D eigenvalue weighted by molar-refractivity contribution is 6.00. The minimum absolute atomic E-state index is 0.419. The van der Waals surface area contributed by atoms with E-state index in [4.69, 9.17) is 0 Å². The largest absolute Gasteiger partial charge is 0.272 e. The number of anilines is 1. The lowest BCUT2D eigenvalue weighted by molar-refractivity contribution is 0.411. The molecule has 2 rings (SSSR count). The molecule has 7 heteroatoms. The fourth-order valence-electron chi connectivity index (χ4n) is 2.14. The molecule has 0 aliphatic heterocycles. The van der Waals surface area contributed by atoms with Crippen LogP contribution in [-0.2, 0) is 0 Å². The second-order valence-electron chi connectivity index (χ2n) is 5.26. The van der Waals surface area contributed by atoms with Crippen molar-refractivity contribution in [3.63, 3.8) is 0 Å². The highest BCUT2D eigenvalue weighted by Gasteiger charge is 2.20. The van der Waals surface area contributed by atoms with E-state index in [0.717, 1.165) is 22.3 Å². The lowest BCUT2D eigenvalue weighted by Gasteiger charge is -2.11. The molecule has 0 bridgehead atoms. The van der Waals surface area contributed by atoms with Gasteiger partial charge in [-0.25, -0.2) is 0 Å². The predicted octanol–water partition coefficient (Wildman–Crippen LogP) is 4.40. The zero-order valence-electron chi connectivity index (χ0n) is 13.1. The summed E-state index contributed by atoms with van der Waals surface area (Å²) < 4.78 is 53.1. The van der Waals surface area contributed by atoms with Crippen LogP contribution in [0.25, 0.3) is 0 Å². The Bertz CT molecular complexity index is 774. The molecule has 0 fully saturated rings. The van der Waals surface area contributed by atoms with Gasteiger partial charge in [0.2, 0.25) is 11.6 Å². The minimum Gasteiger partial charge on any atom is -0.272 e. The first kappa shape index (κ1) is 16.9. The normalized spacial score (nSPS) is 11.7. The average molecular weight is 325 g/mol. The Morgan fingerprint density at radius 1 is 0.913 bits per heavy atom. The molecule has 0 saturated heterocycles. The smallest absolute Gasteiger partial charge is 0.254 e. The Labute approximate surface area is 131 Å². The van der Waals surface area contributed by atoms with E-state index in [1.165, 1.54) is 0 Å². The first-order valence-corrected chi connectivity index (χ1v) is 6.81. The quantitative estimate of drug-likeness (QED) is 0.393. The number of hydrazone groups is 1. The summed E-state index contributed by atoms with van der Waals surface area (Å²) >= 11 is 0. The van der Waals surface area contributed by atoms with E-state index in [9.17, 15) is 17.6 Å². The molecule has 2 aromatic rings. The Kier molecular flexibility index (Phi) is 4.68. The van der Waals surface area contributed by atoms with Crippen LogP contribution in [0.2, 0.25) is 0 Å². The van der Waals surface area contributed by atoms with Crippen molar-refractivity contribution in [1.29, 1.82) is 0 Å². The predicted molar refractivity (Wildman–Crippen MR) is 80.6 cm³/mol. The van der Waals surface area contributed by atoms with Crippen molar-refractivity contribution < 1.29 is 17.6 Å². The van der Waals surface area contributed by atoms with Crippen LogP contribution in [0.5, 0.6) is 0 Å². The number of hydrogen-bond acceptors (Lipinski definition) is 3. The Morgan fingerprint density at radius 3 is 2.00 bits per heavy atom. The number of nitrogens with one attached hydrogen (secondary N) is 1. The van der Waals surface area contributed by atoms with Crippen molar-refractivity contribution in [2.75, 3.05) is 5.43 Å². The molecule has 0 radical (unpaired) electrons. The molecular formula is C16H15F4N3. The molecule has 0 aliphatic carbocycles. The van der Waals surface area contributed by atoms with Crippen LogP contribution in [0, 0.1) is 44.3 Å². The van der Waals surface area contributed by atoms with Crippen LogP contribution in [0.1, 0.15) is 29.2 Å². The second kappa shape index (κ2) is 6.36. The van der Waals surface area contributed by atoms with Gasteiger partial charge in [0, 0.05) is 5.56 Å². The number of aryl methyl sites for hydroxylation is 3. The van der Waals surface area contributed by atoms with Crippen molar-refractivity contribution in [3.05, 3.63) is 57.9 Å². The zero-order chi connectivity index (χ0) is 17.3. The van der Waals surface area contributed by atoms with E-state index in [0.29, 0.717) is 5.71 Å². The summed E-state index contributed by atoms with van der Waals surface area (Å²) in [5.41, 5.74) is 5.25. The number of nitrogens with zero attached hydrogens (tertiary/aromatic N) is 2. The number of halogens is 4. The van der Waals surface area contributed by atoms with Crippen LogP contribution in [0.4, 0.5) is 23.2 Å². The monoisotopic (exact) mass is 325 g/mol. The molecule has 1 aromatic heterocycles. The van der Waals surface area contributed by atoms with Crippen LogP contribution < -0.4 is 5.43 Å². The molecule has 0 atom stereocenters. The number of pyridine rings is 1. The third-order valence-corrected chi connectivity index (χ3v) is 3.56. The van der Waals surface area contributed by atoms with Crippen molar-refractivity contribution in [2.45, 2.75) is 27.7 Å². The fourth-order valence-corrected chi connectivity index (χ4v) is 2.14. The van der Waals surface area contributed by atoms with Gasteiger partial charge in [0.15, 0.2) is 0 Å². The molecule has 0 amide bonds. The van der Waals surface area contributed by atoms with Crippen LogP contribution in [-0.4, -0.2) is 10.7 Å². The van der Waals surface area contributed by atoms with Crippen molar-refractivity contribution in [3.8, 4) is 0 Å². The molecule has 0 unspecified atom stereocenters. The van der Waals surface area contributed by atoms with Crippen LogP contribution in [0.15, 0.2) is 17.2 Å². The van der Waals surface area contributed by atoms with Crippen molar-refractivity contribution in [1.82, 2.24) is 4.98 Å². The van der Waals surface area contributed by atoms with Crippen LogP contribution in [0.3, 0.4) is 0 Å². The molecular weight excluding hydrogens is 310 g/mol. The highest BCUT2D eigenvalue weighted by Crippen LogP contribution is 2.22. The molecule has 122 valence electrons. The number of benzene rings is 1. The first-order valence-electron chi connectivity index (χ1n) is 6.81. The van der Waals surface area contributed by atoms with Gasteiger partial charge in [0.1, 0.15) is 5.69 Å². The van der Waals surface area contributed by atoms with Gasteiger partial charge in [0.25, 0.3) is 11.9 Å². The maximum absolute atomic E-state index is 13.5. The fraction of sp³-hybridized carbons (Fsp3) is 0.250. The number of rotatable bonds is 3. The SMILES string of the molecule is C/C(=N/Nc1c(F)c(F)nc(F)c1F)c1cc(C)c(C)cc1C. The maximum Gasteiger partial charge on any atom is 0.254 e. The third kappa shape index (κ3) is 3.33. The molecule has 23 heavy (non-hydrogen) atoms. The second-order valence-corrected chi connectivity index (χ2v) is 5.26. The van der Waals surface area contributed by atoms with E-state index in [-0.39, 0.29) is 0 Å². The maximum atomic E-state index is 13.5. The van der Waals surface area contributed by atoms with Crippen LogP contribution >= 0.6 is 0 Å². The summed E-state index contributed by atoms with van der Waals surface area (Å²) in [6, 6.07) is 3.84. The topological polar surface area (TPSA) is 37.3 Å². The van der Waals surface area contributed by atoms with Gasteiger partial charge in [-0.3, -0.25) is 5.43 Å². The van der Waals surface area contributed by atoms with Gasteiger partial charge in [0.05, 0.1) is 5.71 Å². The minimum atomic E-state index is -1.73. The molecule has 0 aliphatic rings. The summed E-state index contributed by atoms with van der Waals surface area (Å²) in [6.45, 7) is 7.37. The van der Waals surface area contributed by atoms with Crippen molar-refractivity contribution in [2.24, 2.45) is 5.10 Å². The summed E-state index contributed by atoms with van der Waals surface area (Å²) in [4.78, 5) is 2.48. The third-order valence-electron chi connectivity index (χ3n) is 3.56. The molecule has 1 heterocycles. The summed E-state index contributed by atoms with van der Waals surface area (Å²) in [5.74, 6) is -6.72. The lowest BCUT2D eigenvalue weighted by atomic mass is 9.98. The van der Waals surface area contributed by atoms with E-state index < -0.39 is 29.2 Å². The standard InChI is InChI=1S/C16H15F4N3/c1-7-5-9(3)11(6-8(7)2)10(4)22-23-14-12(17)15(19)21-16(20)13(14)18/h5-6H,1-4H3,(H,21,23)/b22-10-. The van der Waals surface area contributed by atoms with Gasteiger partial charge in [-0.2, -0.15) is 27.6 Å². The van der Waals surface area contributed by atoms with Gasteiger partial charge in [-0.1, -0.05) is 6.07 Å². The Morgan fingerprint density at radius 2 is 1.43 bits per heavy atom. The summed E-state index contributed by atoms with van der Waals surface area (Å²) in [6.07, 6.45) is 0. The van der Waals surface area contributed by atoms with E-state index in [1.54, 1.807) is 6.92 Å². The van der Waals surface area contributed by atoms with Gasteiger partial charge < -0.3 is 0 Å². The Balaban J connectivity index is 2.40. The number of aromatic nitrogens is 1. The van der Waals surface area contributed by atoms with Gasteiger partial charge in [-0.05, 0) is 50.5 Å². The van der Waals surface area contributed by atoms with E-state index in [1.807, 2.05) is 38.3 Å². The molecule has 0 spiro atoms. The number of hydrogen-bond donors (Lipinski definition) is 1. The summed E-state index contributed by atoms with van der Waals surface area (Å²) in [5, 5.41) is 3.83.